The van der Waals surface area contributed by atoms with E-state index in [9.17, 15) is 0 Å². The quantitative estimate of drug-likeness (QED) is 0.900. The molecule has 0 amide bonds. The van der Waals surface area contributed by atoms with Crippen LogP contribution in [0.3, 0.4) is 0 Å². The number of rotatable bonds is 4. The van der Waals surface area contributed by atoms with E-state index in [1.165, 1.54) is 0 Å². The Balaban J connectivity index is 2.50. The minimum absolute atomic E-state index is 0.0290. The Morgan fingerprint density at radius 1 is 1.24 bits per heavy atom. The van der Waals surface area contributed by atoms with Gasteiger partial charge in [-0.05, 0) is 25.8 Å². The Labute approximate surface area is 107 Å². The van der Waals surface area contributed by atoms with Gasteiger partial charge in [-0.3, -0.25) is 0 Å². The van der Waals surface area contributed by atoms with E-state index in [0.29, 0.717) is 10.8 Å². The molecule has 1 saturated carbocycles. The third kappa shape index (κ3) is 1.98. The van der Waals surface area contributed by atoms with Crippen molar-refractivity contribution >= 4 is 11.6 Å². The maximum absolute atomic E-state index is 6.18. The maximum Gasteiger partial charge on any atom is 0.141 e. The fourth-order valence-corrected chi connectivity index (χ4v) is 2.59. The van der Waals surface area contributed by atoms with E-state index < -0.39 is 0 Å². The van der Waals surface area contributed by atoms with E-state index in [0.717, 1.165) is 24.2 Å². The minimum Gasteiger partial charge on any atom is -0.496 e. The molecule has 94 valence electrons. The van der Waals surface area contributed by atoms with Crippen molar-refractivity contribution in [1.29, 1.82) is 0 Å². The highest BCUT2D eigenvalue weighted by Gasteiger charge is 2.49. The van der Waals surface area contributed by atoms with Gasteiger partial charge >= 0.3 is 0 Å². The molecule has 1 fully saturated rings. The fourth-order valence-electron chi connectivity index (χ4n) is 2.35. The van der Waals surface area contributed by atoms with E-state index in [1.54, 1.807) is 14.2 Å². The van der Waals surface area contributed by atoms with Crippen LogP contribution in [0.5, 0.6) is 11.5 Å². The maximum atomic E-state index is 6.18. The summed E-state index contributed by atoms with van der Waals surface area (Å²) in [6, 6.07) is 3.86. The van der Waals surface area contributed by atoms with Gasteiger partial charge < -0.3 is 15.2 Å². The molecule has 4 heteroatoms. The number of methoxy groups -OCH3 is 2. The predicted octanol–water partition coefficient (Wildman–Crippen LogP) is 2.74. The molecule has 0 aliphatic heterocycles. The largest absolute Gasteiger partial charge is 0.496 e. The molecule has 0 heterocycles. The number of hydrogen-bond donors (Lipinski definition) is 1. The lowest BCUT2D eigenvalue weighted by atomic mass is 9.88. The van der Waals surface area contributed by atoms with E-state index in [2.05, 4.69) is 0 Å². The predicted molar refractivity (Wildman–Crippen MR) is 69.1 cm³/mol. The number of benzene rings is 1. The van der Waals surface area contributed by atoms with Crippen LogP contribution in [-0.2, 0) is 5.41 Å². The van der Waals surface area contributed by atoms with E-state index >= 15 is 0 Å². The van der Waals surface area contributed by atoms with Crippen molar-refractivity contribution in [3.63, 3.8) is 0 Å². The second kappa shape index (κ2) is 4.39. The second-order valence-electron chi connectivity index (χ2n) is 4.63. The van der Waals surface area contributed by atoms with Gasteiger partial charge in [-0.25, -0.2) is 0 Å². The van der Waals surface area contributed by atoms with Crippen molar-refractivity contribution in [3.05, 3.63) is 22.7 Å². The van der Waals surface area contributed by atoms with Crippen LogP contribution in [0.1, 0.15) is 25.3 Å². The summed E-state index contributed by atoms with van der Waals surface area (Å²) in [5.41, 5.74) is 7.21. The molecule has 1 aliphatic carbocycles. The zero-order chi connectivity index (χ0) is 12.6. The number of halogens is 1. The van der Waals surface area contributed by atoms with Gasteiger partial charge in [0.1, 0.15) is 11.5 Å². The van der Waals surface area contributed by atoms with Gasteiger partial charge in [0.25, 0.3) is 0 Å². The molecule has 3 nitrogen and oxygen atoms in total. The summed E-state index contributed by atoms with van der Waals surface area (Å²) < 4.78 is 10.6. The van der Waals surface area contributed by atoms with Crippen LogP contribution in [0, 0.1) is 0 Å². The molecule has 17 heavy (non-hydrogen) atoms. The summed E-state index contributed by atoms with van der Waals surface area (Å²) in [6.07, 6.45) is 2.17. The first kappa shape index (κ1) is 12.5. The Hall–Kier alpha value is -0.930. The Bertz CT molecular complexity index is 428. The summed E-state index contributed by atoms with van der Waals surface area (Å²) in [5, 5.41) is 0.607. The average molecular weight is 256 g/mol. The molecular weight excluding hydrogens is 238 g/mol. The van der Waals surface area contributed by atoms with Crippen molar-refractivity contribution in [3.8, 4) is 11.5 Å². The van der Waals surface area contributed by atoms with Crippen LogP contribution >= 0.6 is 11.6 Å². The van der Waals surface area contributed by atoms with Crippen LogP contribution in [0.25, 0.3) is 0 Å². The fraction of sp³-hybridized carbons (Fsp3) is 0.538. The van der Waals surface area contributed by atoms with Crippen LogP contribution in [0.2, 0.25) is 5.02 Å². The average Bonchev–Trinajstić information content (AvgIpc) is 3.09. The molecule has 0 bridgehead atoms. The third-order valence-corrected chi connectivity index (χ3v) is 3.97. The molecule has 0 radical (unpaired) electrons. The SMILES string of the molecule is COc1cc(OC)c(C2(C(C)N)CC2)cc1Cl. The smallest absolute Gasteiger partial charge is 0.141 e. The van der Waals surface area contributed by atoms with E-state index in [-0.39, 0.29) is 11.5 Å². The summed E-state index contributed by atoms with van der Waals surface area (Å²) >= 11 is 6.18. The summed E-state index contributed by atoms with van der Waals surface area (Å²) in [7, 11) is 3.25. The lowest BCUT2D eigenvalue weighted by Gasteiger charge is -2.23. The third-order valence-electron chi connectivity index (χ3n) is 3.67. The summed E-state index contributed by atoms with van der Waals surface area (Å²) in [6.45, 7) is 2.03. The van der Waals surface area contributed by atoms with Crippen molar-refractivity contribution in [1.82, 2.24) is 0 Å². The molecule has 0 spiro atoms. The molecule has 1 aliphatic rings. The van der Waals surface area contributed by atoms with E-state index in [1.807, 2.05) is 19.1 Å². The minimum atomic E-state index is 0.0290. The van der Waals surface area contributed by atoms with E-state index in [4.69, 9.17) is 26.8 Å². The molecule has 0 saturated heterocycles. The van der Waals surface area contributed by atoms with Gasteiger partial charge in [-0.1, -0.05) is 11.6 Å². The monoisotopic (exact) mass is 255 g/mol. The molecule has 0 aromatic heterocycles. The van der Waals surface area contributed by atoms with Crippen molar-refractivity contribution in [2.75, 3.05) is 14.2 Å². The summed E-state index contributed by atoms with van der Waals surface area (Å²) in [5.74, 6) is 1.44. The van der Waals surface area contributed by atoms with Crippen molar-refractivity contribution in [2.45, 2.75) is 31.2 Å². The zero-order valence-corrected chi connectivity index (χ0v) is 11.2. The Morgan fingerprint density at radius 3 is 2.24 bits per heavy atom. The zero-order valence-electron chi connectivity index (χ0n) is 10.4. The highest BCUT2D eigenvalue weighted by atomic mass is 35.5. The van der Waals surface area contributed by atoms with Crippen LogP contribution in [0.4, 0.5) is 0 Å². The van der Waals surface area contributed by atoms with Gasteiger partial charge in [0.05, 0.1) is 19.2 Å². The van der Waals surface area contributed by atoms with Gasteiger partial charge in [0.2, 0.25) is 0 Å². The highest BCUT2D eigenvalue weighted by Crippen LogP contribution is 2.54. The molecule has 1 aromatic rings. The standard InChI is InChI=1S/C13H18ClNO2/c1-8(15)13(4-5-13)9-6-10(14)12(17-3)7-11(9)16-2/h6-8H,4-5,15H2,1-3H3. The molecule has 1 aromatic carbocycles. The lowest BCUT2D eigenvalue weighted by Crippen LogP contribution is -2.31. The first-order valence-electron chi connectivity index (χ1n) is 5.72. The molecule has 1 unspecified atom stereocenters. The Kier molecular flexibility index (Phi) is 3.23. The van der Waals surface area contributed by atoms with Gasteiger partial charge in [0.15, 0.2) is 0 Å². The van der Waals surface area contributed by atoms with Crippen molar-refractivity contribution in [2.24, 2.45) is 5.73 Å². The Morgan fingerprint density at radius 2 is 1.82 bits per heavy atom. The first-order valence-corrected chi connectivity index (χ1v) is 6.10. The normalized spacial score (nSPS) is 18.6. The number of hydrogen-bond acceptors (Lipinski definition) is 3. The summed E-state index contributed by atoms with van der Waals surface area (Å²) in [4.78, 5) is 0. The van der Waals surface area contributed by atoms with Crippen LogP contribution in [0.15, 0.2) is 12.1 Å². The van der Waals surface area contributed by atoms with Crippen LogP contribution < -0.4 is 15.2 Å². The molecular formula is C13H18ClNO2. The molecule has 1 atom stereocenters. The first-order chi connectivity index (χ1) is 8.05. The molecule has 2 N–H and O–H groups in total. The highest BCUT2D eigenvalue weighted by molar-refractivity contribution is 6.32. The second-order valence-corrected chi connectivity index (χ2v) is 5.04. The van der Waals surface area contributed by atoms with Gasteiger partial charge in [-0.15, -0.1) is 0 Å². The number of ether oxygens (including phenoxy) is 2. The lowest BCUT2D eigenvalue weighted by molar-refractivity contribution is 0.384. The van der Waals surface area contributed by atoms with Crippen molar-refractivity contribution < 1.29 is 9.47 Å². The van der Waals surface area contributed by atoms with Gasteiger partial charge in [0, 0.05) is 23.1 Å². The topological polar surface area (TPSA) is 44.5 Å². The van der Waals surface area contributed by atoms with Crippen LogP contribution in [-0.4, -0.2) is 20.3 Å². The van der Waals surface area contributed by atoms with Gasteiger partial charge in [-0.2, -0.15) is 0 Å². The number of nitrogens with two attached hydrogens (primary N) is 1. The molecule has 2 rings (SSSR count).